The lowest BCUT2D eigenvalue weighted by Crippen LogP contribution is -2.37. The van der Waals surface area contributed by atoms with Gasteiger partial charge in [0.05, 0.1) is 6.04 Å². The van der Waals surface area contributed by atoms with Gasteiger partial charge in [0, 0.05) is 6.54 Å². The quantitative estimate of drug-likeness (QED) is 0.767. The molecular weight excluding hydrogens is 262 g/mol. The topological polar surface area (TPSA) is 41.1 Å². The minimum atomic E-state index is -0.909. The third-order valence-corrected chi connectivity index (χ3v) is 3.04. The maximum Gasteiger partial charge on any atom is 0.315 e. The first-order valence-corrected chi connectivity index (χ1v) is 6.89. The largest absolute Gasteiger partial charge is 0.338 e. The molecule has 0 heterocycles. The summed E-state index contributed by atoms with van der Waals surface area (Å²) in [6, 6.07) is 2.94. The van der Waals surface area contributed by atoms with Gasteiger partial charge in [0.1, 0.15) is 0 Å². The fraction of sp³-hybridized carbons (Fsp3) is 0.533. The highest BCUT2D eigenvalue weighted by atomic mass is 19.2. The summed E-state index contributed by atoms with van der Waals surface area (Å²) < 4.78 is 25.9. The summed E-state index contributed by atoms with van der Waals surface area (Å²) in [4.78, 5) is 11.6. The van der Waals surface area contributed by atoms with Crippen LogP contribution in [0.3, 0.4) is 0 Å². The van der Waals surface area contributed by atoms with Crippen molar-refractivity contribution >= 4 is 6.03 Å². The Morgan fingerprint density at radius 3 is 2.50 bits per heavy atom. The lowest BCUT2D eigenvalue weighted by atomic mass is 10.1. The second-order valence-corrected chi connectivity index (χ2v) is 5.33. The van der Waals surface area contributed by atoms with Gasteiger partial charge in [-0.3, -0.25) is 0 Å². The molecule has 0 fully saturated rings. The van der Waals surface area contributed by atoms with Crippen LogP contribution >= 0.6 is 0 Å². The van der Waals surface area contributed by atoms with Gasteiger partial charge in [0.2, 0.25) is 0 Å². The first kappa shape index (κ1) is 16.4. The molecule has 0 spiro atoms. The van der Waals surface area contributed by atoms with Gasteiger partial charge < -0.3 is 10.6 Å². The molecule has 1 rings (SSSR count). The van der Waals surface area contributed by atoms with Crippen molar-refractivity contribution in [3.63, 3.8) is 0 Å². The Kier molecular flexibility index (Phi) is 6.42. The van der Waals surface area contributed by atoms with Crippen molar-refractivity contribution in [2.24, 2.45) is 5.92 Å². The standard InChI is InChI=1S/C15H22F2N2O/c1-10(2)5-4-8-18-15(20)19-11(3)12-6-7-13(16)14(17)9-12/h6-7,9-11H,4-5,8H2,1-3H3,(H2,18,19,20). The molecule has 0 aromatic heterocycles. The van der Waals surface area contributed by atoms with Crippen molar-refractivity contribution in [2.45, 2.75) is 39.7 Å². The number of urea groups is 1. The molecule has 1 unspecified atom stereocenters. The Bertz CT molecular complexity index is 449. The van der Waals surface area contributed by atoms with Crippen LogP contribution in [0.25, 0.3) is 0 Å². The van der Waals surface area contributed by atoms with Crippen LogP contribution in [0.1, 0.15) is 45.2 Å². The van der Waals surface area contributed by atoms with Crippen LogP contribution < -0.4 is 10.6 Å². The Morgan fingerprint density at radius 1 is 1.20 bits per heavy atom. The molecule has 0 radical (unpaired) electrons. The van der Waals surface area contributed by atoms with Gasteiger partial charge in [-0.1, -0.05) is 19.9 Å². The molecule has 2 amide bonds. The number of halogens is 2. The SMILES string of the molecule is CC(C)CCCNC(=O)NC(C)c1ccc(F)c(F)c1. The molecule has 0 saturated carbocycles. The van der Waals surface area contributed by atoms with E-state index in [0.717, 1.165) is 25.0 Å². The molecular formula is C15H22F2N2O. The van der Waals surface area contributed by atoms with E-state index in [1.54, 1.807) is 6.92 Å². The number of hydrogen-bond acceptors (Lipinski definition) is 1. The maximum absolute atomic E-state index is 13.1. The van der Waals surface area contributed by atoms with Crippen LogP contribution in [0.15, 0.2) is 18.2 Å². The lowest BCUT2D eigenvalue weighted by Gasteiger charge is -2.15. The number of amides is 2. The highest BCUT2D eigenvalue weighted by molar-refractivity contribution is 5.74. The number of carbonyl (C=O) groups excluding carboxylic acids is 1. The average Bonchev–Trinajstić information content (AvgIpc) is 2.37. The Hall–Kier alpha value is -1.65. The van der Waals surface area contributed by atoms with Crippen LogP contribution in [0.4, 0.5) is 13.6 Å². The van der Waals surface area contributed by atoms with Crippen LogP contribution in [-0.4, -0.2) is 12.6 Å². The number of benzene rings is 1. The lowest BCUT2D eigenvalue weighted by molar-refractivity contribution is 0.237. The Balaban J connectivity index is 2.39. The summed E-state index contributed by atoms with van der Waals surface area (Å²) in [5, 5.41) is 5.44. The highest BCUT2D eigenvalue weighted by Crippen LogP contribution is 2.15. The predicted molar refractivity (Wildman–Crippen MR) is 75.4 cm³/mol. The van der Waals surface area contributed by atoms with E-state index in [-0.39, 0.29) is 12.1 Å². The van der Waals surface area contributed by atoms with Crippen LogP contribution in [-0.2, 0) is 0 Å². The number of rotatable bonds is 6. The number of hydrogen-bond donors (Lipinski definition) is 2. The van der Waals surface area contributed by atoms with E-state index >= 15 is 0 Å². The molecule has 20 heavy (non-hydrogen) atoms. The van der Waals surface area contributed by atoms with Gasteiger partial charge in [-0.2, -0.15) is 0 Å². The molecule has 0 aliphatic rings. The molecule has 112 valence electrons. The fourth-order valence-electron chi connectivity index (χ4n) is 1.82. The molecule has 1 aromatic carbocycles. The maximum atomic E-state index is 13.1. The Morgan fingerprint density at radius 2 is 1.90 bits per heavy atom. The van der Waals surface area contributed by atoms with Crippen LogP contribution in [0.5, 0.6) is 0 Å². The minimum absolute atomic E-state index is 0.300. The Labute approximate surface area is 118 Å². The van der Waals surface area contributed by atoms with Gasteiger partial charge in [-0.05, 0) is 43.4 Å². The van der Waals surface area contributed by atoms with E-state index in [1.165, 1.54) is 6.07 Å². The second kappa shape index (κ2) is 7.82. The second-order valence-electron chi connectivity index (χ2n) is 5.33. The first-order valence-electron chi connectivity index (χ1n) is 6.89. The monoisotopic (exact) mass is 284 g/mol. The van der Waals surface area contributed by atoms with E-state index in [4.69, 9.17) is 0 Å². The van der Waals surface area contributed by atoms with Crippen molar-refractivity contribution in [1.82, 2.24) is 10.6 Å². The highest BCUT2D eigenvalue weighted by Gasteiger charge is 2.11. The summed E-state index contributed by atoms with van der Waals surface area (Å²) in [5.41, 5.74) is 0.529. The zero-order valence-corrected chi connectivity index (χ0v) is 12.2. The van der Waals surface area contributed by atoms with Crippen molar-refractivity contribution < 1.29 is 13.6 Å². The zero-order chi connectivity index (χ0) is 15.1. The van der Waals surface area contributed by atoms with Gasteiger partial charge in [-0.25, -0.2) is 13.6 Å². The van der Waals surface area contributed by atoms with E-state index < -0.39 is 11.6 Å². The van der Waals surface area contributed by atoms with Crippen molar-refractivity contribution in [1.29, 1.82) is 0 Å². The van der Waals surface area contributed by atoms with Crippen LogP contribution in [0.2, 0.25) is 0 Å². The van der Waals surface area contributed by atoms with E-state index in [1.807, 2.05) is 0 Å². The van der Waals surface area contributed by atoms with Gasteiger partial charge >= 0.3 is 6.03 Å². The van der Waals surface area contributed by atoms with Gasteiger partial charge in [-0.15, -0.1) is 0 Å². The zero-order valence-electron chi connectivity index (χ0n) is 12.2. The van der Waals surface area contributed by atoms with E-state index in [0.29, 0.717) is 18.0 Å². The number of carbonyl (C=O) groups is 1. The normalized spacial score (nSPS) is 12.3. The number of nitrogens with one attached hydrogen (secondary N) is 2. The molecule has 3 nitrogen and oxygen atoms in total. The smallest absolute Gasteiger partial charge is 0.315 e. The first-order chi connectivity index (χ1) is 9.40. The third-order valence-electron chi connectivity index (χ3n) is 3.04. The summed E-state index contributed by atoms with van der Waals surface area (Å²) in [6.07, 6.45) is 1.98. The van der Waals surface area contributed by atoms with Gasteiger partial charge in [0.25, 0.3) is 0 Å². The third kappa shape index (κ3) is 5.55. The fourth-order valence-corrected chi connectivity index (χ4v) is 1.82. The summed E-state index contributed by atoms with van der Waals surface area (Å²) in [7, 11) is 0. The van der Waals surface area contributed by atoms with Crippen LogP contribution in [0, 0.1) is 17.6 Å². The molecule has 1 atom stereocenters. The molecule has 0 aliphatic heterocycles. The van der Waals surface area contributed by atoms with Crippen molar-refractivity contribution in [2.75, 3.05) is 6.54 Å². The molecule has 0 saturated heterocycles. The summed E-state index contributed by atoms with van der Waals surface area (Å²) in [5.74, 6) is -1.19. The molecule has 0 aliphatic carbocycles. The molecule has 1 aromatic rings. The average molecular weight is 284 g/mol. The van der Waals surface area contributed by atoms with Crippen molar-refractivity contribution in [3.8, 4) is 0 Å². The van der Waals surface area contributed by atoms with Crippen molar-refractivity contribution in [3.05, 3.63) is 35.4 Å². The molecule has 5 heteroatoms. The minimum Gasteiger partial charge on any atom is -0.338 e. The van der Waals surface area contributed by atoms with Gasteiger partial charge in [0.15, 0.2) is 11.6 Å². The predicted octanol–water partition coefficient (Wildman–Crippen LogP) is 3.76. The molecule has 2 N–H and O–H groups in total. The summed E-state index contributed by atoms with van der Waals surface area (Å²) >= 11 is 0. The summed E-state index contributed by atoms with van der Waals surface area (Å²) in [6.45, 7) is 6.59. The molecule has 0 bridgehead atoms. The van der Waals surface area contributed by atoms with E-state index in [9.17, 15) is 13.6 Å². The van der Waals surface area contributed by atoms with E-state index in [2.05, 4.69) is 24.5 Å².